The lowest BCUT2D eigenvalue weighted by molar-refractivity contribution is 0.0747. The molecule has 2 saturated heterocycles. The van der Waals surface area contributed by atoms with Crippen molar-refractivity contribution < 1.29 is 4.79 Å². The number of carbonyl (C=O) groups excluding carboxylic acids is 1. The van der Waals surface area contributed by atoms with Gasteiger partial charge >= 0.3 is 0 Å². The van der Waals surface area contributed by atoms with Crippen LogP contribution in [0.15, 0.2) is 30.3 Å². The van der Waals surface area contributed by atoms with E-state index in [0.717, 1.165) is 42.1 Å². The largest absolute Gasteiger partial charge is 0.337 e. The molecule has 4 heteroatoms. The first-order chi connectivity index (χ1) is 12.0. The molecule has 132 valence electrons. The predicted octanol–water partition coefficient (Wildman–Crippen LogP) is 3.37. The Labute approximate surface area is 149 Å². The van der Waals surface area contributed by atoms with Gasteiger partial charge in [-0.2, -0.15) is 0 Å². The molecule has 2 aliphatic rings. The molecular formula is C21H27N3O. The number of para-hydroxylation sites is 1. The summed E-state index contributed by atoms with van der Waals surface area (Å²) in [7, 11) is 0. The highest BCUT2D eigenvalue weighted by atomic mass is 16.2. The summed E-state index contributed by atoms with van der Waals surface area (Å²) in [5, 5.41) is 3.65. The van der Waals surface area contributed by atoms with Crippen LogP contribution in [0.1, 0.15) is 46.6 Å². The van der Waals surface area contributed by atoms with E-state index in [-0.39, 0.29) is 5.91 Å². The van der Waals surface area contributed by atoms with Crippen LogP contribution >= 0.6 is 0 Å². The summed E-state index contributed by atoms with van der Waals surface area (Å²) in [6, 6.07) is 11.5. The van der Waals surface area contributed by atoms with Gasteiger partial charge in [-0.15, -0.1) is 0 Å². The zero-order valence-electron chi connectivity index (χ0n) is 15.4. The molecule has 2 unspecified atom stereocenters. The maximum absolute atomic E-state index is 13.2. The fourth-order valence-corrected chi connectivity index (χ4v) is 4.46. The van der Waals surface area contributed by atoms with E-state index >= 15 is 0 Å². The fraction of sp³-hybridized carbons (Fsp3) is 0.476. The van der Waals surface area contributed by atoms with Gasteiger partial charge in [0.25, 0.3) is 5.91 Å². The lowest BCUT2D eigenvalue weighted by Crippen LogP contribution is -2.39. The number of hydrogen-bond donors (Lipinski definition) is 1. The molecule has 2 fully saturated rings. The Morgan fingerprint density at radius 2 is 1.84 bits per heavy atom. The number of aryl methyl sites for hydroxylation is 2. The van der Waals surface area contributed by atoms with E-state index in [0.29, 0.717) is 12.1 Å². The summed E-state index contributed by atoms with van der Waals surface area (Å²) in [5.41, 5.74) is 5.38. The molecule has 3 heterocycles. The molecule has 2 aliphatic heterocycles. The molecule has 1 amide bonds. The van der Waals surface area contributed by atoms with E-state index in [1.165, 1.54) is 18.4 Å². The highest BCUT2D eigenvalue weighted by Crippen LogP contribution is 2.26. The summed E-state index contributed by atoms with van der Waals surface area (Å²) in [5.74, 6) is 0.183. The van der Waals surface area contributed by atoms with Gasteiger partial charge in [-0.3, -0.25) is 4.79 Å². The van der Waals surface area contributed by atoms with Gasteiger partial charge in [0.2, 0.25) is 0 Å². The molecule has 0 saturated carbocycles. The van der Waals surface area contributed by atoms with E-state index in [1.807, 2.05) is 0 Å². The number of hydrogen-bond acceptors (Lipinski definition) is 2. The quantitative estimate of drug-likeness (QED) is 0.912. The average Bonchev–Trinajstić information content (AvgIpc) is 3.07. The maximum atomic E-state index is 13.2. The number of amides is 1. The summed E-state index contributed by atoms with van der Waals surface area (Å²) >= 11 is 0. The number of nitrogens with zero attached hydrogens (tertiary/aromatic N) is 2. The van der Waals surface area contributed by atoms with Crippen LogP contribution in [-0.4, -0.2) is 40.5 Å². The molecule has 2 atom stereocenters. The number of likely N-dealkylation sites (tertiary alicyclic amines) is 1. The SMILES string of the molecule is Cc1ccccc1-n1c(C)cc(C(=O)N2CCC3CCC(C2)N3)c1C. The van der Waals surface area contributed by atoms with Crippen LogP contribution in [0.3, 0.4) is 0 Å². The number of carbonyl (C=O) groups is 1. The minimum Gasteiger partial charge on any atom is -0.337 e. The van der Waals surface area contributed by atoms with E-state index in [9.17, 15) is 4.79 Å². The van der Waals surface area contributed by atoms with Crippen LogP contribution in [0.4, 0.5) is 0 Å². The van der Waals surface area contributed by atoms with Crippen molar-refractivity contribution in [3.8, 4) is 5.69 Å². The lowest BCUT2D eigenvalue weighted by atomic mass is 10.1. The van der Waals surface area contributed by atoms with E-state index in [2.05, 4.69) is 65.9 Å². The lowest BCUT2D eigenvalue weighted by Gasteiger charge is -2.24. The highest BCUT2D eigenvalue weighted by molar-refractivity contribution is 5.96. The third-order valence-electron chi connectivity index (χ3n) is 5.83. The van der Waals surface area contributed by atoms with Gasteiger partial charge in [-0.25, -0.2) is 0 Å². The molecule has 2 aromatic rings. The number of aromatic nitrogens is 1. The molecule has 1 aromatic carbocycles. The number of benzene rings is 1. The molecule has 0 spiro atoms. The standard InChI is InChI=1S/C21H27N3O/c1-14-6-4-5-7-20(14)24-15(2)12-19(16(24)3)21(25)23-11-10-17-8-9-18(13-23)22-17/h4-7,12,17-18,22H,8-11,13H2,1-3H3. The number of rotatable bonds is 2. The first-order valence-electron chi connectivity index (χ1n) is 9.35. The Hall–Kier alpha value is -2.07. The van der Waals surface area contributed by atoms with Crippen LogP contribution in [0.25, 0.3) is 5.69 Å². The monoisotopic (exact) mass is 337 g/mol. The number of nitrogens with one attached hydrogen (secondary N) is 1. The molecule has 2 bridgehead atoms. The summed E-state index contributed by atoms with van der Waals surface area (Å²) in [6.45, 7) is 7.97. The smallest absolute Gasteiger partial charge is 0.255 e. The fourth-order valence-electron chi connectivity index (χ4n) is 4.46. The van der Waals surface area contributed by atoms with Gasteiger partial charge < -0.3 is 14.8 Å². The van der Waals surface area contributed by atoms with Crippen molar-refractivity contribution in [2.75, 3.05) is 13.1 Å². The zero-order chi connectivity index (χ0) is 17.6. The molecule has 1 N–H and O–H groups in total. The minimum absolute atomic E-state index is 0.183. The van der Waals surface area contributed by atoms with Crippen LogP contribution in [0, 0.1) is 20.8 Å². The number of fused-ring (bicyclic) bond motifs is 2. The second-order valence-corrected chi connectivity index (χ2v) is 7.58. The van der Waals surface area contributed by atoms with Crippen molar-refractivity contribution >= 4 is 5.91 Å². The van der Waals surface area contributed by atoms with Crippen LogP contribution in [0.5, 0.6) is 0 Å². The van der Waals surface area contributed by atoms with Crippen molar-refractivity contribution in [1.29, 1.82) is 0 Å². The van der Waals surface area contributed by atoms with Crippen molar-refractivity contribution in [3.63, 3.8) is 0 Å². The van der Waals surface area contributed by atoms with E-state index in [1.54, 1.807) is 0 Å². The van der Waals surface area contributed by atoms with Crippen LogP contribution < -0.4 is 5.32 Å². The normalized spacial score (nSPS) is 22.9. The van der Waals surface area contributed by atoms with E-state index in [4.69, 9.17) is 0 Å². The van der Waals surface area contributed by atoms with Gasteiger partial charge in [0, 0.05) is 42.2 Å². The molecule has 25 heavy (non-hydrogen) atoms. The summed E-state index contributed by atoms with van der Waals surface area (Å²) in [4.78, 5) is 15.3. The third-order valence-corrected chi connectivity index (χ3v) is 5.83. The minimum atomic E-state index is 0.183. The maximum Gasteiger partial charge on any atom is 0.255 e. The summed E-state index contributed by atoms with van der Waals surface area (Å²) in [6.07, 6.45) is 3.52. The third kappa shape index (κ3) is 2.89. The van der Waals surface area contributed by atoms with Crippen molar-refractivity contribution in [3.05, 3.63) is 52.8 Å². The van der Waals surface area contributed by atoms with Crippen LogP contribution in [0.2, 0.25) is 0 Å². The summed E-state index contributed by atoms with van der Waals surface area (Å²) < 4.78 is 2.21. The zero-order valence-corrected chi connectivity index (χ0v) is 15.4. The molecular weight excluding hydrogens is 310 g/mol. The van der Waals surface area contributed by atoms with Gasteiger partial charge in [-0.1, -0.05) is 18.2 Å². The highest BCUT2D eigenvalue weighted by Gasteiger charge is 2.32. The van der Waals surface area contributed by atoms with Gasteiger partial charge in [0.05, 0.1) is 5.56 Å². The Kier molecular flexibility index (Phi) is 4.16. The van der Waals surface area contributed by atoms with E-state index < -0.39 is 0 Å². The molecule has 0 aliphatic carbocycles. The van der Waals surface area contributed by atoms with Gasteiger partial charge in [0.15, 0.2) is 0 Å². The topological polar surface area (TPSA) is 37.3 Å². The van der Waals surface area contributed by atoms with Crippen molar-refractivity contribution in [2.45, 2.75) is 52.1 Å². The second kappa shape index (κ2) is 6.34. The molecule has 1 aromatic heterocycles. The molecule has 4 rings (SSSR count). The first-order valence-corrected chi connectivity index (χ1v) is 9.35. The Bertz CT molecular complexity index is 807. The average molecular weight is 337 g/mol. The Morgan fingerprint density at radius 1 is 1.08 bits per heavy atom. The molecule has 0 radical (unpaired) electrons. The predicted molar refractivity (Wildman–Crippen MR) is 100 cm³/mol. The van der Waals surface area contributed by atoms with Gasteiger partial charge in [0.1, 0.15) is 0 Å². The van der Waals surface area contributed by atoms with Crippen molar-refractivity contribution in [1.82, 2.24) is 14.8 Å². The van der Waals surface area contributed by atoms with Crippen LogP contribution in [-0.2, 0) is 0 Å². The second-order valence-electron chi connectivity index (χ2n) is 7.58. The molecule has 4 nitrogen and oxygen atoms in total. The Morgan fingerprint density at radius 3 is 2.64 bits per heavy atom. The Balaban J connectivity index is 1.66. The van der Waals surface area contributed by atoms with Gasteiger partial charge in [-0.05, 0) is 57.7 Å². The first kappa shape index (κ1) is 16.4. The van der Waals surface area contributed by atoms with Crippen molar-refractivity contribution in [2.24, 2.45) is 0 Å².